The molecule has 0 aromatic carbocycles. The van der Waals surface area contributed by atoms with E-state index in [0.29, 0.717) is 6.04 Å². The molecule has 132 valence electrons. The number of rotatable bonds is 4. The first-order chi connectivity index (χ1) is 11.7. The molecule has 0 radical (unpaired) electrons. The Hall–Kier alpha value is -1.66. The summed E-state index contributed by atoms with van der Waals surface area (Å²) in [5.41, 5.74) is 1.01. The number of nitrogens with one attached hydrogen (secondary N) is 1. The van der Waals surface area contributed by atoms with Gasteiger partial charge in [-0.1, -0.05) is 6.07 Å². The molecule has 0 aliphatic carbocycles. The normalized spacial score (nSPS) is 21.5. The maximum atomic E-state index is 12.4. The number of carbonyl (C=O) groups excluding carboxylic acids is 1. The molecule has 1 aromatic heterocycles. The summed E-state index contributed by atoms with van der Waals surface area (Å²) < 4.78 is 5.44. The third-order valence-corrected chi connectivity index (χ3v) is 4.92. The molecule has 0 spiro atoms. The highest BCUT2D eigenvalue weighted by atomic mass is 16.5. The topological polar surface area (TPSA) is 57.7 Å². The molecule has 2 aliphatic heterocycles. The average molecular weight is 332 g/mol. The van der Waals surface area contributed by atoms with Crippen molar-refractivity contribution in [2.45, 2.75) is 38.3 Å². The van der Waals surface area contributed by atoms with E-state index in [4.69, 9.17) is 4.74 Å². The highest BCUT2D eigenvalue weighted by Gasteiger charge is 2.27. The summed E-state index contributed by atoms with van der Waals surface area (Å²) in [5.74, 6) is 0. The number of pyridine rings is 1. The molecule has 24 heavy (non-hydrogen) atoms. The van der Waals surface area contributed by atoms with Gasteiger partial charge in [0.05, 0.1) is 0 Å². The van der Waals surface area contributed by atoms with E-state index in [0.717, 1.165) is 64.3 Å². The zero-order valence-corrected chi connectivity index (χ0v) is 14.5. The second-order valence-corrected chi connectivity index (χ2v) is 6.74. The molecule has 1 atom stereocenters. The van der Waals surface area contributed by atoms with Crippen molar-refractivity contribution >= 4 is 6.03 Å². The van der Waals surface area contributed by atoms with Crippen molar-refractivity contribution in [2.24, 2.45) is 0 Å². The number of piperazine rings is 1. The fraction of sp³-hybridized carbons (Fsp3) is 0.667. The third kappa shape index (κ3) is 4.68. The fourth-order valence-corrected chi connectivity index (χ4v) is 3.53. The fourth-order valence-electron chi connectivity index (χ4n) is 3.53. The van der Waals surface area contributed by atoms with Crippen LogP contribution in [0.5, 0.6) is 0 Å². The van der Waals surface area contributed by atoms with Crippen LogP contribution < -0.4 is 5.32 Å². The Balaban J connectivity index is 1.41. The van der Waals surface area contributed by atoms with Crippen LogP contribution in [0.2, 0.25) is 0 Å². The van der Waals surface area contributed by atoms with Crippen LogP contribution in [0.3, 0.4) is 0 Å². The quantitative estimate of drug-likeness (QED) is 0.908. The van der Waals surface area contributed by atoms with E-state index >= 15 is 0 Å². The van der Waals surface area contributed by atoms with Crippen LogP contribution >= 0.6 is 0 Å². The molecule has 1 unspecified atom stereocenters. The van der Waals surface area contributed by atoms with Crippen LogP contribution in [-0.4, -0.2) is 72.3 Å². The van der Waals surface area contributed by atoms with Crippen LogP contribution in [0.4, 0.5) is 4.79 Å². The number of hydrogen-bond acceptors (Lipinski definition) is 4. The lowest BCUT2D eigenvalue weighted by Crippen LogP contribution is -2.56. The summed E-state index contributed by atoms with van der Waals surface area (Å²) in [4.78, 5) is 21.2. The number of ether oxygens (including phenoxy) is 1. The predicted molar refractivity (Wildman–Crippen MR) is 92.9 cm³/mol. The van der Waals surface area contributed by atoms with Gasteiger partial charge in [-0.05, 0) is 31.9 Å². The van der Waals surface area contributed by atoms with Crippen LogP contribution in [0.15, 0.2) is 24.4 Å². The van der Waals surface area contributed by atoms with E-state index in [-0.39, 0.29) is 12.1 Å². The van der Waals surface area contributed by atoms with Gasteiger partial charge in [-0.15, -0.1) is 0 Å². The number of hydrogen-bond donors (Lipinski definition) is 1. The summed E-state index contributed by atoms with van der Waals surface area (Å²) >= 11 is 0. The lowest BCUT2D eigenvalue weighted by molar-refractivity contribution is 0.0186. The average Bonchev–Trinajstić information content (AvgIpc) is 2.63. The highest BCUT2D eigenvalue weighted by Crippen LogP contribution is 2.16. The second-order valence-electron chi connectivity index (χ2n) is 6.74. The molecule has 0 bridgehead atoms. The Bertz CT molecular complexity index is 511. The van der Waals surface area contributed by atoms with Crippen LogP contribution in [0.25, 0.3) is 0 Å². The Morgan fingerprint density at radius 2 is 2.04 bits per heavy atom. The van der Waals surface area contributed by atoms with Crippen molar-refractivity contribution in [1.29, 1.82) is 0 Å². The maximum Gasteiger partial charge on any atom is 0.317 e. The second kappa shape index (κ2) is 8.44. The van der Waals surface area contributed by atoms with Crippen molar-refractivity contribution < 1.29 is 9.53 Å². The van der Waals surface area contributed by atoms with Gasteiger partial charge in [0.15, 0.2) is 0 Å². The van der Waals surface area contributed by atoms with Gasteiger partial charge in [-0.3, -0.25) is 9.88 Å². The first kappa shape index (κ1) is 17.2. The largest absolute Gasteiger partial charge is 0.381 e. The number of urea groups is 1. The minimum atomic E-state index is 0.0464. The monoisotopic (exact) mass is 332 g/mol. The van der Waals surface area contributed by atoms with Crippen molar-refractivity contribution in [3.05, 3.63) is 30.1 Å². The van der Waals surface area contributed by atoms with Gasteiger partial charge in [-0.2, -0.15) is 0 Å². The molecule has 1 N–H and O–H groups in total. The summed E-state index contributed by atoms with van der Waals surface area (Å²) in [6, 6.07) is 6.64. The molecule has 0 saturated carbocycles. The molecule has 2 fully saturated rings. The number of carbonyl (C=O) groups is 1. The predicted octanol–water partition coefficient (Wildman–Crippen LogP) is 1.52. The highest BCUT2D eigenvalue weighted by molar-refractivity contribution is 5.74. The minimum Gasteiger partial charge on any atom is -0.381 e. The standard InChI is InChI=1S/C18H28N4O2/c1-15(14-16-4-2-3-7-19-16)20-18(23)22-10-8-21(9-11-22)17-5-12-24-13-6-17/h2-4,7,15,17H,5-6,8-14H2,1H3,(H,20,23). The maximum absolute atomic E-state index is 12.4. The van der Waals surface area contributed by atoms with E-state index in [9.17, 15) is 4.79 Å². The molecule has 2 amide bonds. The molecule has 2 saturated heterocycles. The van der Waals surface area contributed by atoms with Crippen LogP contribution in [0.1, 0.15) is 25.5 Å². The van der Waals surface area contributed by atoms with Gasteiger partial charge < -0.3 is 15.0 Å². The van der Waals surface area contributed by atoms with E-state index in [2.05, 4.69) is 15.2 Å². The van der Waals surface area contributed by atoms with E-state index < -0.39 is 0 Å². The van der Waals surface area contributed by atoms with Gasteiger partial charge in [0.25, 0.3) is 0 Å². The van der Waals surface area contributed by atoms with Crippen molar-refractivity contribution in [1.82, 2.24) is 20.1 Å². The Labute approximate surface area is 144 Å². The lowest BCUT2D eigenvalue weighted by atomic mass is 10.1. The van der Waals surface area contributed by atoms with E-state index in [1.54, 1.807) is 6.20 Å². The van der Waals surface area contributed by atoms with Gasteiger partial charge in [0.2, 0.25) is 0 Å². The van der Waals surface area contributed by atoms with Gasteiger partial charge in [0, 0.05) is 69.8 Å². The van der Waals surface area contributed by atoms with Crippen molar-refractivity contribution in [3.8, 4) is 0 Å². The molecule has 6 heteroatoms. The molecule has 3 heterocycles. The van der Waals surface area contributed by atoms with Gasteiger partial charge >= 0.3 is 6.03 Å². The zero-order valence-electron chi connectivity index (χ0n) is 14.5. The van der Waals surface area contributed by atoms with Gasteiger partial charge in [0.1, 0.15) is 0 Å². The zero-order chi connectivity index (χ0) is 16.8. The molecule has 3 rings (SSSR count). The summed E-state index contributed by atoms with van der Waals surface area (Å²) in [6.45, 7) is 7.32. The SMILES string of the molecule is CC(Cc1ccccn1)NC(=O)N1CCN(C2CCOCC2)CC1. The Kier molecular flexibility index (Phi) is 6.04. The molecule has 6 nitrogen and oxygen atoms in total. The summed E-state index contributed by atoms with van der Waals surface area (Å²) in [5, 5.41) is 3.10. The van der Waals surface area contributed by atoms with E-state index in [1.807, 2.05) is 30.0 Å². The Morgan fingerprint density at radius 1 is 1.29 bits per heavy atom. The molecule has 1 aromatic rings. The number of aromatic nitrogens is 1. The summed E-state index contributed by atoms with van der Waals surface area (Å²) in [7, 11) is 0. The van der Waals surface area contributed by atoms with Crippen LogP contribution in [-0.2, 0) is 11.2 Å². The van der Waals surface area contributed by atoms with Crippen LogP contribution in [0, 0.1) is 0 Å². The lowest BCUT2D eigenvalue weighted by Gasteiger charge is -2.40. The number of nitrogens with zero attached hydrogens (tertiary/aromatic N) is 3. The van der Waals surface area contributed by atoms with Crippen molar-refractivity contribution in [2.75, 3.05) is 39.4 Å². The first-order valence-electron chi connectivity index (χ1n) is 8.99. The molecular formula is C18H28N4O2. The first-order valence-corrected chi connectivity index (χ1v) is 8.99. The number of amides is 2. The smallest absolute Gasteiger partial charge is 0.317 e. The minimum absolute atomic E-state index is 0.0464. The van der Waals surface area contributed by atoms with E-state index in [1.165, 1.54) is 0 Å². The van der Waals surface area contributed by atoms with Crippen molar-refractivity contribution in [3.63, 3.8) is 0 Å². The Morgan fingerprint density at radius 3 is 2.71 bits per heavy atom. The summed E-state index contributed by atoms with van der Waals surface area (Å²) in [6.07, 6.45) is 4.79. The molecule has 2 aliphatic rings. The molecular weight excluding hydrogens is 304 g/mol. The third-order valence-electron chi connectivity index (χ3n) is 4.92. The van der Waals surface area contributed by atoms with Gasteiger partial charge in [-0.25, -0.2) is 4.79 Å².